The summed E-state index contributed by atoms with van der Waals surface area (Å²) < 4.78 is 0. The summed E-state index contributed by atoms with van der Waals surface area (Å²) in [7, 11) is 0. The molecule has 1 aliphatic heterocycles. The molecule has 84 valence electrons. The summed E-state index contributed by atoms with van der Waals surface area (Å²) in [5, 5.41) is 0.871. The lowest BCUT2D eigenvalue weighted by molar-refractivity contribution is 0.190. The quantitative estimate of drug-likeness (QED) is 0.709. The number of rotatable bonds is 4. The molecule has 2 heteroatoms. The Labute approximate surface area is 93.6 Å². The lowest BCUT2D eigenvalue weighted by Crippen LogP contribution is -2.41. The van der Waals surface area contributed by atoms with Crippen molar-refractivity contribution in [1.29, 1.82) is 0 Å². The van der Waals surface area contributed by atoms with Crippen molar-refractivity contribution in [1.82, 2.24) is 4.90 Å². The smallest absolute Gasteiger partial charge is 0.0198 e. The molecule has 2 unspecified atom stereocenters. The number of nitrogens with zero attached hydrogens (tertiary/aromatic N) is 1. The molecule has 1 rings (SSSR count). The molecule has 0 aromatic rings. The van der Waals surface area contributed by atoms with E-state index in [2.05, 4.69) is 43.7 Å². The number of hydrogen-bond acceptors (Lipinski definition) is 2. The summed E-state index contributed by atoms with van der Waals surface area (Å²) in [5.41, 5.74) is 0. The van der Waals surface area contributed by atoms with Crippen LogP contribution >= 0.6 is 11.8 Å². The van der Waals surface area contributed by atoms with Crippen LogP contribution in [0.5, 0.6) is 0 Å². The zero-order chi connectivity index (χ0) is 10.6. The van der Waals surface area contributed by atoms with E-state index in [1.54, 1.807) is 0 Å². The van der Waals surface area contributed by atoms with Crippen molar-refractivity contribution < 1.29 is 0 Å². The molecule has 1 saturated heterocycles. The third-order valence-corrected chi connectivity index (χ3v) is 4.52. The van der Waals surface area contributed by atoms with Crippen molar-refractivity contribution in [3.8, 4) is 0 Å². The van der Waals surface area contributed by atoms with Crippen LogP contribution in [-0.4, -0.2) is 36.0 Å². The fourth-order valence-electron chi connectivity index (χ4n) is 2.05. The Bertz CT molecular complexity index is 158. The van der Waals surface area contributed by atoms with Crippen molar-refractivity contribution in [2.45, 2.75) is 38.9 Å². The second-order valence-corrected chi connectivity index (χ2v) is 6.10. The Balaban J connectivity index is 2.27. The van der Waals surface area contributed by atoms with E-state index in [0.29, 0.717) is 0 Å². The van der Waals surface area contributed by atoms with Crippen LogP contribution in [0.15, 0.2) is 0 Å². The van der Waals surface area contributed by atoms with Crippen molar-refractivity contribution in [2.75, 3.05) is 25.9 Å². The highest BCUT2D eigenvalue weighted by molar-refractivity contribution is 7.99. The van der Waals surface area contributed by atoms with E-state index >= 15 is 0 Å². The Morgan fingerprint density at radius 3 is 2.71 bits per heavy atom. The predicted octanol–water partition coefficient (Wildman–Crippen LogP) is 3.11. The first-order valence-electron chi connectivity index (χ1n) is 5.88. The molecule has 1 fully saturated rings. The predicted molar refractivity (Wildman–Crippen MR) is 67.0 cm³/mol. The van der Waals surface area contributed by atoms with Crippen LogP contribution < -0.4 is 0 Å². The van der Waals surface area contributed by atoms with E-state index in [9.17, 15) is 0 Å². The van der Waals surface area contributed by atoms with Gasteiger partial charge < -0.3 is 4.90 Å². The Morgan fingerprint density at radius 1 is 1.43 bits per heavy atom. The van der Waals surface area contributed by atoms with Crippen molar-refractivity contribution >= 4 is 11.8 Å². The van der Waals surface area contributed by atoms with Gasteiger partial charge in [0.15, 0.2) is 0 Å². The summed E-state index contributed by atoms with van der Waals surface area (Å²) in [6, 6.07) is 0. The van der Waals surface area contributed by atoms with Gasteiger partial charge in [-0.3, -0.25) is 0 Å². The SMILES string of the molecule is CSC1CN(CCC(C)C)CCC1C. The van der Waals surface area contributed by atoms with Crippen molar-refractivity contribution in [2.24, 2.45) is 11.8 Å². The van der Waals surface area contributed by atoms with Gasteiger partial charge in [0.25, 0.3) is 0 Å². The molecule has 0 aromatic heterocycles. The second-order valence-electron chi connectivity index (χ2n) is 5.02. The Morgan fingerprint density at radius 2 is 2.14 bits per heavy atom. The zero-order valence-electron chi connectivity index (χ0n) is 10.1. The van der Waals surface area contributed by atoms with Gasteiger partial charge in [-0.1, -0.05) is 20.8 Å². The molecule has 0 bridgehead atoms. The monoisotopic (exact) mass is 215 g/mol. The third kappa shape index (κ3) is 3.82. The van der Waals surface area contributed by atoms with Crippen LogP contribution in [0.2, 0.25) is 0 Å². The number of thioether (sulfide) groups is 1. The number of hydrogen-bond donors (Lipinski definition) is 0. The molecule has 1 nitrogen and oxygen atoms in total. The van der Waals surface area contributed by atoms with Gasteiger partial charge >= 0.3 is 0 Å². The summed E-state index contributed by atoms with van der Waals surface area (Å²) in [6.45, 7) is 11.0. The molecule has 0 N–H and O–H groups in total. The van der Waals surface area contributed by atoms with Crippen LogP contribution in [0, 0.1) is 11.8 Å². The van der Waals surface area contributed by atoms with Gasteiger partial charge in [-0.25, -0.2) is 0 Å². The molecule has 0 aliphatic carbocycles. The van der Waals surface area contributed by atoms with Gasteiger partial charge in [0, 0.05) is 11.8 Å². The van der Waals surface area contributed by atoms with Crippen LogP contribution in [0.1, 0.15) is 33.6 Å². The number of likely N-dealkylation sites (tertiary alicyclic amines) is 1. The van der Waals surface area contributed by atoms with Gasteiger partial charge in [0.1, 0.15) is 0 Å². The average molecular weight is 215 g/mol. The minimum atomic E-state index is 0.849. The lowest BCUT2D eigenvalue weighted by Gasteiger charge is -2.36. The van der Waals surface area contributed by atoms with Crippen LogP contribution in [-0.2, 0) is 0 Å². The molecule has 2 atom stereocenters. The van der Waals surface area contributed by atoms with Gasteiger partial charge in [0.05, 0.1) is 0 Å². The van der Waals surface area contributed by atoms with E-state index in [0.717, 1.165) is 17.1 Å². The Kier molecular flexibility index (Phi) is 5.32. The first-order chi connectivity index (χ1) is 6.63. The molecule has 14 heavy (non-hydrogen) atoms. The standard InChI is InChI=1S/C12H25NS/c1-10(2)5-7-13-8-6-11(3)12(9-13)14-4/h10-12H,5-9H2,1-4H3. The van der Waals surface area contributed by atoms with E-state index in [1.165, 1.54) is 32.5 Å². The van der Waals surface area contributed by atoms with Gasteiger partial charge in [-0.15, -0.1) is 0 Å². The topological polar surface area (TPSA) is 3.24 Å². The maximum Gasteiger partial charge on any atom is 0.0198 e. The minimum absolute atomic E-state index is 0.849. The molecule has 0 aromatic carbocycles. The van der Waals surface area contributed by atoms with E-state index in [1.807, 2.05) is 0 Å². The molecular weight excluding hydrogens is 190 g/mol. The fraction of sp³-hybridized carbons (Fsp3) is 1.00. The van der Waals surface area contributed by atoms with Crippen LogP contribution in [0.3, 0.4) is 0 Å². The molecular formula is C12H25NS. The average Bonchev–Trinajstić information content (AvgIpc) is 2.16. The van der Waals surface area contributed by atoms with E-state index in [-0.39, 0.29) is 0 Å². The van der Waals surface area contributed by atoms with Crippen molar-refractivity contribution in [3.05, 3.63) is 0 Å². The molecule has 0 spiro atoms. The fourth-order valence-corrected chi connectivity index (χ4v) is 3.01. The highest BCUT2D eigenvalue weighted by atomic mass is 32.2. The number of piperidine rings is 1. The first kappa shape index (κ1) is 12.4. The first-order valence-corrected chi connectivity index (χ1v) is 7.17. The van der Waals surface area contributed by atoms with E-state index < -0.39 is 0 Å². The summed E-state index contributed by atoms with van der Waals surface area (Å²) >= 11 is 2.05. The maximum absolute atomic E-state index is 2.65. The second kappa shape index (κ2) is 6.02. The highest BCUT2D eigenvalue weighted by Gasteiger charge is 2.24. The van der Waals surface area contributed by atoms with Crippen LogP contribution in [0.25, 0.3) is 0 Å². The summed E-state index contributed by atoms with van der Waals surface area (Å²) in [5.74, 6) is 1.77. The molecule has 1 heterocycles. The van der Waals surface area contributed by atoms with Crippen LogP contribution in [0.4, 0.5) is 0 Å². The van der Waals surface area contributed by atoms with Gasteiger partial charge in [-0.05, 0) is 44.0 Å². The summed E-state index contributed by atoms with van der Waals surface area (Å²) in [6.07, 6.45) is 5.01. The molecule has 1 aliphatic rings. The maximum atomic E-state index is 2.65. The van der Waals surface area contributed by atoms with Gasteiger partial charge in [0.2, 0.25) is 0 Å². The molecule has 0 radical (unpaired) electrons. The molecule has 0 saturated carbocycles. The molecule has 0 amide bonds. The lowest BCUT2D eigenvalue weighted by atomic mass is 9.98. The normalized spacial score (nSPS) is 29.8. The van der Waals surface area contributed by atoms with Gasteiger partial charge in [-0.2, -0.15) is 11.8 Å². The minimum Gasteiger partial charge on any atom is -0.302 e. The Hall–Kier alpha value is 0.310. The van der Waals surface area contributed by atoms with Crippen molar-refractivity contribution in [3.63, 3.8) is 0 Å². The third-order valence-electron chi connectivity index (χ3n) is 3.30. The highest BCUT2D eigenvalue weighted by Crippen LogP contribution is 2.26. The largest absolute Gasteiger partial charge is 0.302 e. The summed E-state index contributed by atoms with van der Waals surface area (Å²) in [4.78, 5) is 2.65. The van der Waals surface area contributed by atoms with E-state index in [4.69, 9.17) is 0 Å². The zero-order valence-corrected chi connectivity index (χ0v) is 10.9.